The zero-order valence-corrected chi connectivity index (χ0v) is 11.1. The number of carbonyl (C=O) groups is 1. The van der Waals surface area contributed by atoms with Crippen LogP contribution >= 0.6 is 12.4 Å². The molecule has 1 atom stereocenters. The van der Waals surface area contributed by atoms with Crippen LogP contribution in [-0.2, 0) is 9.53 Å². The number of amides is 1. The van der Waals surface area contributed by atoms with E-state index in [1.54, 1.807) is 0 Å². The summed E-state index contributed by atoms with van der Waals surface area (Å²) in [4.78, 5) is 11.7. The van der Waals surface area contributed by atoms with E-state index in [2.05, 4.69) is 5.32 Å². The van der Waals surface area contributed by atoms with Gasteiger partial charge in [-0.15, -0.1) is 12.4 Å². The summed E-state index contributed by atoms with van der Waals surface area (Å²) in [6.45, 7) is 4.14. The number of methoxy groups -OCH3 is 1. The number of carbonyl (C=O) groups excluding carboxylic acids is 1. The number of benzene rings is 1. The van der Waals surface area contributed by atoms with Crippen LogP contribution in [0.1, 0.15) is 11.1 Å². The van der Waals surface area contributed by atoms with Gasteiger partial charge in [0, 0.05) is 19.3 Å². The molecule has 0 spiro atoms. The molecule has 1 rings (SSSR count). The van der Waals surface area contributed by atoms with Crippen molar-refractivity contribution in [3.63, 3.8) is 0 Å². The third kappa shape index (κ3) is 4.00. The molecule has 1 unspecified atom stereocenters. The number of nitrogens with two attached hydrogens (primary N) is 1. The normalized spacial score (nSPS) is 11.5. The first-order chi connectivity index (χ1) is 7.60. The number of nitrogens with one attached hydrogen (secondary N) is 1. The number of ether oxygens (including phenoxy) is 1. The first-order valence-electron chi connectivity index (χ1n) is 5.20. The van der Waals surface area contributed by atoms with Gasteiger partial charge < -0.3 is 15.8 Å². The molecule has 1 aromatic rings. The average molecular weight is 259 g/mol. The van der Waals surface area contributed by atoms with Crippen molar-refractivity contribution >= 4 is 24.0 Å². The van der Waals surface area contributed by atoms with Gasteiger partial charge in [0.15, 0.2) is 0 Å². The molecule has 0 bridgehead atoms. The number of hydrogen-bond acceptors (Lipinski definition) is 3. The minimum absolute atomic E-state index is 0. The van der Waals surface area contributed by atoms with Crippen molar-refractivity contribution in [3.05, 3.63) is 29.3 Å². The first-order valence-corrected chi connectivity index (χ1v) is 5.20. The number of hydrogen-bond donors (Lipinski definition) is 2. The second-order valence-corrected chi connectivity index (χ2v) is 3.70. The van der Waals surface area contributed by atoms with Gasteiger partial charge in [0.05, 0.1) is 0 Å². The molecule has 1 amide bonds. The fraction of sp³-hybridized carbons (Fsp3) is 0.417. The highest BCUT2D eigenvalue weighted by molar-refractivity contribution is 5.95. The second-order valence-electron chi connectivity index (χ2n) is 3.70. The summed E-state index contributed by atoms with van der Waals surface area (Å²) >= 11 is 0. The summed E-state index contributed by atoms with van der Waals surface area (Å²) in [6, 6.07) is 5.77. The monoisotopic (exact) mass is 258 g/mol. The molecule has 0 aliphatic rings. The molecule has 5 heteroatoms. The Bertz CT molecular complexity index is 379. The van der Waals surface area contributed by atoms with Gasteiger partial charge in [-0.1, -0.05) is 12.1 Å². The maximum Gasteiger partial charge on any atom is 0.254 e. The van der Waals surface area contributed by atoms with E-state index in [4.69, 9.17) is 10.5 Å². The molecule has 0 radical (unpaired) electrons. The molecule has 3 N–H and O–H groups in total. The predicted molar refractivity (Wildman–Crippen MR) is 71.6 cm³/mol. The van der Waals surface area contributed by atoms with Crippen molar-refractivity contribution in [2.75, 3.05) is 19.0 Å². The van der Waals surface area contributed by atoms with Crippen LogP contribution in [0.5, 0.6) is 0 Å². The minimum Gasteiger partial charge on any atom is -0.370 e. The van der Waals surface area contributed by atoms with Crippen LogP contribution in [-0.4, -0.2) is 25.7 Å². The summed E-state index contributed by atoms with van der Waals surface area (Å²) < 4.78 is 4.97. The summed E-state index contributed by atoms with van der Waals surface area (Å²) in [5.41, 5.74) is 8.42. The molecular formula is C12H19ClN2O2. The summed E-state index contributed by atoms with van der Waals surface area (Å²) in [6.07, 6.45) is -0.597. The van der Waals surface area contributed by atoms with Gasteiger partial charge in [0.1, 0.15) is 6.10 Å². The van der Waals surface area contributed by atoms with Crippen LogP contribution in [0.3, 0.4) is 0 Å². The Kier molecular flexibility index (Phi) is 6.80. The molecular weight excluding hydrogens is 240 g/mol. The highest BCUT2D eigenvalue weighted by Gasteiger charge is 2.16. The largest absolute Gasteiger partial charge is 0.370 e. The highest BCUT2D eigenvalue weighted by Crippen LogP contribution is 2.18. The summed E-state index contributed by atoms with van der Waals surface area (Å²) in [7, 11) is 1.47. The topological polar surface area (TPSA) is 64.3 Å². The lowest BCUT2D eigenvalue weighted by Gasteiger charge is -2.15. The molecule has 0 saturated heterocycles. The van der Waals surface area contributed by atoms with Gasteiger partial charge in [-0.2, -0.15) is 0 Å². The van der Waals surface area contributed by atoms with Gasteiger partial charge in [0.25, 0.3) is 5.91 Å². The molecule has 17 heavy (non-hydrogen) atoms. The molecule has 0 aromatic heterocycles. The fourth-order valence-corrected chi connectivity index (χ4v) is 1.41. The molecule has 1 aromatic carbocycles. The maximum absolute atomic E-state index is 11.7. The standard InChI is InChI=1S/C12H18N2O2.ClH/c1-8-5-4-6-10(9(8)2)14-12(15)11(7-13)16-3;/h4-6,11H,7,13H2,1-3H3,(H,14,15);1H. The van der Waals surface area contributed by atoms with Crippen molar-refractivity contribution in [3.8, 4) is 0 Å². The third-order valence-corrected chi connectivity index (χ3v) is 2.65. The molecule has 4 nitrogen and oxygen atoms in total. The molecule has 0 fully saturated rings. The molecule has 0 heterocycles. The lowest BCUT2D eigenvalue weighted by Crippen LogP contribution is -2.36. The van der Waals surface area contributed by atoms with Crippen LogP contribution in [0.4, 0.5) is 5.69 Å². The van der Waals surface area contributed by atoms with Gasteiger partial charge >= 0.3 is 0 Å². The van der Waals surface area contributed by atoms with E-state index in [-0.39, 0.29) is 24.9 Å². The lowest BCUT2D eigenvalue weighted by atomic mass is 10.1. The maximum atomic E-state index is 11.7. The Morgan fingerprint density at radius 3 is 2.65 bits per heavy atom. The van der Waals surface area contributed by atoms with E-state index in [1.165, 1.54) is 7.11 Å². The zero-order valence-electron chi connectivity index (χ0n) is 10.3. The minimum atomic E-state index is -0.597. The molecule has 0 aliphatic carbocycles. The Morgan fingerprint density at radius 1 is 1.47 bits per heavy atom. The van der Waals surface area contributed by atoms with Crippen LogP contribution in [0.2, 0.25) is 0 Å². The molecule has 96 valence electrons. The van der Waals surface area contributed by atoms with Gasteiger partial charge in [-0.25, -0.2) is 0 Å². The average Bonchev–Trinajstić information content (AvgIpc) is 2.26. The second kappa shape index (κ2) is 7.27. The van der Waals surface area contributed by atoms with E-state index >= 15 is 0 Å². The number of halogens is 1. The van der Waals surface area contributed by atoms with Crippen molar-refractivity contribution in [1.29, 1.82) is 0 Å². The number of anilines is 1. The smallest absolute Gasteiger partial charge is 0.254 e. The van der Waals surface area contributed by atoms with E-state index < -0.39 is 6.10 Å². The highest BCUT2D eigenvalue weighted by atomic mass is 35.5. The van der Waals surface area contributed by atoms with Crippen LogP contribution in [0, 0.1) is 13.8 Å². The van der Waals surface area contributed by atoms with E-state index in [1.807, 2.05) is 32.0 Å². The van der Waals surface area contributed by atoms with Gasteiger partial charge in [0.2, 0.25) is 0 Å². The number of rotatable bonds is 4. The van der Waals surface area contributed by atoms with Gasteiger partial charge in [-0.05, 0) is 31.0 Å². The third-order valence-electron chi connectivity index (χ3n) is 2.65. The Balaban J connectivity index is 0.00000256. The number of aryl methyl sites for hydroxylation is 1. The van der Waals surface area contributed by atoms with Crippen molar-refractivity contribution in [2.24, 2.45) is 5.73 Å². The quantitative estimate of drug-likeness (QED) is 0.863. The summed E-state index contributed by atoms with van der Waals surface area (Å²) in [5.74, 6) is -0.210. The van der Waals surface area contributed by atoms with Crippen molar-refractivity contribution in [2.45, 2.75) is 20.0 Å². The van der Waals surface area contributed by atoms with E-state index in [9.17, 15) is 4.79 Å². The predicted octanol–water partition coefficient (Wildman–Crippen LogP) is 1.64. The Hall–Kier alpha value is -1.10. The summed E-state index contributed by atoms with van der Waals surface area (Å²) in [5, 5.41) is 2.81. The first kappa shape index (κ1) is 15.9. The van der Waals surface area contributed by atoms with Crippen LogP contribution < -0.4 is 11.1 Å². The zero-order chi connectivity index (χ0) is 12.1. The van der Waals surface area contributed by atoms with Crippen LogP contribution in [0.25, 0.3) is 0 Å². The molecule has 0 aliphatic heterocycles. The fourth-order valence-electron chi connectivity index (χ4n) is 1.41. The van der Waals surface area contributed by atoms with E-state index in [0.717, 1.165) is 16.8 Å². The van der Waals surface area contributed by atoms with Crippen molar-refractivity contribution < 1.29 is 9.53 Å². The van der Waals surface area contributed by atoms with Crippen LogP contribution in [0.15, 0.2) is 18.2 Å². The Labute approximate surface area is 108 Å². The Morgan fingerprint density at radius 2 is 2.12 bits per heavy atom. The lowest BCUT2D eigenvalue weighted by molar-refractivity contribution is -0.125. The van der Waals surface area contributed by atoms with E-state index in [0.29, 0.717) is 0 Å². The molecule has 0 saturated carbocycles. The SMILES string of the molecule is COC(CN)C(=O)Nc1cccc(C)c1C.Cl. The van der Waals surface area contributed by atoms with Crippen molar-refractivity contribution in [1.82, 2.24) is 0 Å². The van der Waals surface area contributed by atoms with Gasteiger partial charge in [-0.3, -0.25) is 4.79 Å².